The van der Waals surface area contributed by atoms with Gasteiger partial charge in [-0.15, -0.1) is 0 Å². The van der Waals surface area contributed by atoms with Crippen LogP contribution in [0.15, 0.2) is 0 Å². The lowest BCUT2D eigenvalue weighted by Gasteiger charge is -2.35. The molecule has 0 bridgehead atoms. The minimum Gasteiger partial charge on any atom is -0.303 e. The highest BCUT2D eigenvalue weighted by Gasteiger charge is 2.24. The summed E-state index contributed by atoms with van der Waals surface area (Å²) < 4.78 is 0. The first kappa shape index (κ1) is 12.5. The third kappa shape index (κ3) is 3.48. The number of hydrogen-bond acceptors (Lipinski definition) is 3. The van der Waals surface area contributed by atoms with Crippen LogP contribution in [0.5, 0.6) is 0 Å². The van der Waals surface area contributed by atoms with E-state index >= 15 is 0 Å². The molecule has 0 aliphatic carbocycles. The Morgan fingerprint density at radius 1 is 1.53 bits per heavy atom. The molecule has 2 atom stereocenters. The fraction of sp³-hybridized carbons (Fsp3) is 0.917. The summed E-state index contributed by atoms with van der Waals surface area (Å²) in [6.07, 6.45) is 4.89. The average Bonchev–Trinajstić information content (AvgIpc) is 2.28. The molecule has 0 aromatic carbocycles. The molecule has 1 N–H and O–H groups in total. The average molecular weight is 209 g/mol. The molecule has 86 valence electrons. The van der Waals surface area contributed by atoms with Crippen LogP contribution >= 0.6 is 0 Å². The molecule has 1 rings (SSSR count). The Hall–Kier alpha value is -0.590. The van der Waals surface area contributed by atoms with E-state index in [2.05, 4.69) is 23.2 Å². The molecule has 0 saturated carbocycles. The number of nitrogens with zero attached hydrogens (tertiary/aromatic N) is 2. The summed E-state index contributed by atoms with van der Waals surface area (Å²) in [5.74, 6) is 0. The predicted octanol–water partition coefficient (Wildman–Crippen LogP) is 1.75. The molecular weight excluding hydrogens is 186 g/mol. The number of nitriles is 1. The molecule has 0 radical (unpaired) electrons. The van der Waals surface area contributed by atoms with Crippen LogP contribution in [-0.4, -0.2) is 36.6 Å². The maximum Gasteiger partial charge on any atom is 0.104 e. The van der Waals surface area contributed by atoms with Crippen molar-refractivity contribution in [3.63, 3.8) is 0 Å². The highest BCUT2D eigenvalue weighted by atomic mass is 15.2. The Morgan fingerprint density at radius 2 is 2.27 bits per heavy atom. The molecule has 2 unspecified atom stereocenters. The molecule has 3 heteroatoms. The molecule has 1 fully saturated rings. The van der Waals surface area contributed by atoms with E-state index < -0.39 is 0 Å². The van der Waals surface area contributed by atoms with Gasteiger partial charge in [0, 0.05) is 12.6 Å². The highest BCUT2D eigenvalue weighted by molar-refractivity contribution is 5.03. The Morgan fingerprint density at radius 3 is 2.80 bits per heavy atom. The quantitative estimate of drug-likeness (QED) is 0.766. The largest absolute Gasteiger partial charge is 0.303 e. The zero-order valence-corrected chi connectivity index (χ0v) is 10.2. The molecule has 0 aromatic rings. The van der Waals surface area contributed by atoms with Gasteiger partial charge in [0.15, 0.2) is 0 Å². The van der Waals surface area contributed by atoms with Crippen molar-refractivity contribution in [1.29, 1.82) is 5.26 Å². The van der Waals surface area contributed by atoms with Crippen LogP contribution in [0.4, 0.5) is 0 Å². The maximum absolute atomic E-state index is 9.05. The monoisotopic (exact) mass is 209 g/mol. The fourth-order valence-electron chi connectivity index (χ4n) is 2.09. The topological polar surface area (TPSA) is 39.1 Å². The van der Waals surface area contributed by atoms with E-state index in [4.69, 9.17) is 5.26 Å². The Kier molecular flexibility index (Phi) is 4.56. The third-order valence-electron chi connectivity index (χ3n) is 3.64. The van der Waals surface area contributed by atoms with Crippen molar-refractivity contribution in [1.82, 2.24) is 10.2 Å². The second-order valence-electron chi connectivity index (χ2n) is 4.82. The van der Waals surface area contributed by atoms with Crippen molar-refractivity contribution < 1.29 is 0 Å². The van der Waals surface area contributed by atoms with Crippen molar-refractivity contribution in [3.8, 4) is 6.07 Å². The SMILES string of the molecule is CNC(C)(C#N)CCN1CCCCC1C. The first-order valence-electron chi connectivity index (χ1n) is 5.95. The van der Waals surface area contributed by atoms with Crippen molar-refractivity contribution in [2.24, 2.45) is 0 Å². The van der Waals surface area contributed by atoms with Gasteiger partial charge in [-0.05, 0) is 46.7 Å². The first-order valence-corrected chi connectivity index (χ1v) is 5.95. The van der Waals surface area contributed by atoms with E-state index in [0.29, 0.717) is 6.04 Å². The van der Waals surface area contributed by atoms with E-state index in [1.807, 2.05) is 14.0 Å². The van der Waals surface area contributed by atoms with Crippen LogP contribution in [0.25, 0.3) is 0 Å². The Labute approximate surface area is 93.5 Å². The standard InChI is InChI=1S/C12H23N3/c1-11-6-4-5-8-15(11)9-7-12(2,10-13)14-3/h11,14H,4-9H2,1-3H3. The van der Waals surface area contributed by atoms with Gasteiger partial charge in [-0.3, -0.25) is 0 Å². The number of hydrogen-bond donors (Lipinski definition) is 1. The molecule has 1 heterocycles. The normalized spacial score (nSPS) is 26.9. The third-order valence-corrected chi connectivity index (χ3v) is 3.64. The number of piperidine rings is 1. The lowest BCUT2D eigenvalue weighted by molar-refractivity contribution is 0.149. The van der Waals surface area contributed by atoms with Crippen molar-refractivity contribution in [2.75, 3.05) is 20.1 Å². The van der Waals surface area contributed by atoms with Gasteiger partial charge >= 0.3 is 0 Å². The highest BCUT2D eigenvalue weighted by Crippen LogP contribution is 2.18. The fourth-order valence-corrected chi connectivity index (χ4v) is 2.09. The lowest BCUT2D eigenvalue weighted by atomic mass is 9.97. The second-order valence-corrected chi connectivity index (χ2v) is 4.82. The van der Waals surface area contributed by atoms with Crippen LogP contribution in [0.1, 0.15) is 39.5 Å². The predicted molar refractivity (Wildman–Crippen MR) is 62.6 cm³/mol. The maximum atomic E-state index is 9.05. The molecule has 0 spiro atoms. The van der Waals surface area contributed by atoms with Gasteiger partial charge in [-0.1, -0.05) is 6.42 Å². The number of nitrogens with one attached hydrogen (secondary N) is 1. The zero-order chi connectivity index (χ0) is 11.3. The van der Waals surface area contributed by atoms with Gasteiger partial charge in [-0.25, -0.2) is 0 Å². The molecule has 1 aliphatic rings. The summed E-state index contributed by atoms with van der Waals surface area (Å²) in [5.41, 5.74) is -0.364. The van der Waals surface area contributed by atoms with Gasteiger partial charge < -0.3 is 10.2 Å². The van der Waals surface area contributed by atoms with Crippen molar-refractivity contribution >= 4 is 0 Å². The zero-order valence-electron chi connectivity index (χ0n) is 10.2. The second kappa shape index (κ2) is 5.48. The smallest absolute Gasteiger partial charge is 0.104 e. The Balaban J connectivity index is 2.38. The molecule has 0 amide bonds. The first-order chi connectivity index (χ1) is 7.11. The van der Waals surface area contributed by atoms with Gasteiger partial charge in [0.2, 0.25) is 0 Å². The summed E-state index contributed by atoms with van der Waals surface area (Å²) in [6.45, 7) is 6.50. The van der Waals surface area contributed by atoms with Crippen LogP contribution in [0.3, 0.4) is 0 Å². The van der Waals surface area contributed by atoms with E-state index in [-0.39, 0.29) is 5.54 Å². The van der Waals surface area contributed by atoms with Gasteiger partial charge in [0.25, 0.3) is 0 Å². The lowest BCUT2D eigenvalue weighted by Crippen LogP contribution is -2.45. The van der Waals surface area contributed by atoms with E-state index in [1.165, 1.54) is 25.8 Å². The molecule has 1 aliphatic heterocycles. The molecule has 3 nitrogen and oxygen atoms in total. The van der Waals surface area contributed by atoms with Crippen molar-refractivity contribution in [2.45, 2.75) is 51.1 Å². The minimum atomic E-state index is -0.364. The molecule has 0 aromatic heterocycles. The number of likely N-dealkylation sites (tertiary alicyclic amines) is 1. The summed E-state index contributed by atoms with van der Waals surface area (Å²) in [5, 5.41) is 12.1. The van der Waals surface area contributed by atoms with Crippen LogP contribution in [-0.2, 0) is 0 Å². The van der Waals surface area contributed by atoms with Gasteiger partial charge in [-0.2, -0.15) is 5.26 Å². The van der Waals surface area contributed by atoms with Crippen LogP contribution in [0.2, 0.25) is 0 Å². The molecule has 1 saturated heterocycles. The summed E-state index contributed by atoms with van der Waals surface area (Å²) >= 11 is 0. The summed E-state index contributed by atoms with van der Waals surface area (Å²) in [7, 11) is 1.86. The molecule has 15 heavy (non-hydrogen) atoms. The summed E-state index contributed by atoms with van der Waals surface area (Å²) in [4.78, 5) is 2.51. The van der Waals surface area contributed by atoms with E-state index in [9.17, 15) is 0 Å². The number of rotatable bonds is 4. The van der Waals surface area contributed by atoms with E-state index in [1.54, 1.807) is 0 Å². The van der Waals surface area contributed by atoms with Crippen LogP contribution in [0, 0.1) is 11.3 Å². The minimum absolute atomic E-state index is 0.364. The van der Waals surface area contributed by atoms with E-state index in [0.717, 1.165) is 13.0 Å². The van der Waals surface area contributed by atoms with Crippen molar-refractivity contribution in [3.05, 3.63) is 0 Å². The van der Waals surface area contributed by atoms with Crippen LogP contribution < -0.4 is 5.32 Å². The Bertz CT molecular complexity index is 234. The van der Waals surface area contributed by atoms with Gasteiger partial charge in [0.05, 0.1) is 6.07 Å². The summed E-state index contributed by atoms with van der Waals surface area (Å²) in [6, 6.07) is 3.04. The van der Waals surface area contributed by atoms with Gasteiger partial charge in [0.1, 0.15) is 5.54 Å². The molecular formula is C12H23N3.